The number of thiazole rings is 1. The van der Waals surface area contributed by atoms with E-state index in [0.29, 0.717) is 4.88 Å². The highest BCUT2D eigenvalue weighted by molar-refractivity contribution is 7.40. The summed E-state index contributed by atoms with van der Waals surface area (Å²) in [5.41, 5.74) is 2.51. The van der Waals surface area contributed by atoms with E-state index in [9.17, 15) is 4.79 Å². The lowest BCUT2D eigenvalue weighted by Crippen LogP contribution is -2.04. The van der Waals surface area contributed by atoms with Crippen molar-refractivity contribution in [3.63, 3.8) is 0 Å². The normalized spacial score (nSPS) is 10.7. The zero-order valence-corrected chi connectivity index (χ0v) is 14.6. The fourth-order valence-electron chi connectivity index (χ4n) is 2.23. The first-order valence-electron chi connectivity index (χ1n) is 7.57. The SMILES string of the molecule is O=C(OCc1ccccn1)c1cc2nc(Nc3ccccc3)sc2s1. The number of fused-ring (bicyclic) bond motifs is 1. The van der Waals surface area contributed by atoms with E-state index in [1.807, 2.05) is 48.5 Å². The highest BCUT2D eigenvalue weighted by Gasteiger charge is 2.15. The minimum Gasteiger partial charge on any atom is -0.455 e. The largest absolute Gasteiger partial charge is 0.455 e. The van der Waals surface area contributed by atoms with Crippen molar-refractivity contribution in [2.75, 3.05) is 5.32 Å². The third-order valence-electron chi connectivity index (χ3n) is 3.39. The number of pyridine rings is 1. The van der Waals surface area contributed by atoms with Gasteiger partial charge in [-0.2, -0.15) is 0 Å². The molecule has 0 fully saturated rings. The van der Waals surface area contributed by atoms with Gasteiger partial charge in [0.05, 0.1) is 11.2 Å². The molecule has 4 aromatic rings. The number of hydrogen-bond acceptors (Lipinski definition) is 7. The molecular formula is C18H13N3O2S2. The quantitative estimate of drug-likeness (QED) is 0.511. The van der Waals surface area contributed by atoms with Crippen molar-refractivity contribution in [3.8, 4) is 0 Å². The number of para-hydroxylation sites is 1. The van der Waals surface area contributed by atoms with Gasteiger partial charge in [0.1, 0.15) is 15.5 Å². The van der Waals surface area contributed by atoms with Crippen LogP contribution in [0.15, 0.2) is 60.8 Å². The molecule has 0 atom stereocenters. The molecule has 1 N–H and O–H groups in total. The van der Waals surface area contributed by atoms with Crippen LogP contribution in [0, 0.1) is 0 Å². The lowest BCUT2D eigenvalue weighted by Gasteiger charge is -2.02. The maximum atomic E-state index is 12.2. The molecule has 0 aliphatic rings. The van der Waals surface area contributed by atoms with Crippen molar-refractivity contribution in [2.24, 2.45) is 0 Å². The Morgan fingerprint density at radius 1 is 1.08 bits per heavy atom. The van der Waals surface area contributed by atoms with Crippen molar-refractivity contribution >= 4 is 49.0 Å². The maximum absolute atomic E-state index is 12.2. The smallest absolute Gasteiger partial charge is 0.348 e. The van der Waals surface area contributed by atoms with Gasteiger partial charge in [0.15, 0.2) is 5.13 Å². The van der Waals surface area contributed by atoms with Gasteiger partial charge in [-0.3, -0.25) is 4.98 Å². The summed E-state index contributed by atoms with van der Waals surface area (Å²) in [5.74, 6) is -0.349. The van der Waals surface area contributed by atoms with Crippen LogP contribution in [0.25, 0.3) is 9.53 Å². The first kappa shape index (κ1) is 15.7. The van der Waals surface area contributed by atoms with Crippen molar-refractivity contribution in [3.05, 3.63) is 71.4 Å². The molecule has 0 saturated carbocycles. The molecular weight excluding hydrogens is 354 g/mol. The molecule has 3 aromatic heterocycles. The lowest BCUT2D eigenvalue weighted by molar-refractivity contribution is 0.0473. The molecule has 3 heterocycles. The van der Waals surface area contributed by atoms with Crippen LogP contribution in [0.1, 0.15) is 15.4 Å². The maximum Gasteiger partial charge on any atom is 0.348 e. The minimum absolute atomic E-state index is 0.166. The number of ether oxygens (including phenoxy) is 1. The summed E-state index contributed by atoms with van der Waals surface area (Å²) in [6.45, 7) is 0.166. The zero-order valence-electron chi connectivity index (χ0n) is 13.0. The third-order valence-corrected chi connectivity index (χ3v) is 5.57. The fraction of sp³-hybridized carbons (Fsp3) is 0.0556. The number of benzene rings is 1. The Kier molecular flexibility index (Phi) is 4.41. The number of aromatic nitrogens is 2. The monoisotopic (exact) mass is 367 g/mol. The number of carbonyl (C=O) groups excluding carboxylic acids is 1. The number of nitrogens with zero attached hydrogens (tertiary/aromatic N) is 2. The van der Waals surface area contributed by atoms with Crippen LogP contribution in [-0.2, 0) is 11.3 Å². The van der Waals surface area contributed by atoms with E-state index in [1.54, 1.807) is 12.3 Å². The standard InChI is InChI=1S/C18H13N3O2S2/c22-16(23-11-13-8-4-5-9-19-13)15-10-14-17(24-15)25-18(21-14)20-12-6-2-1-3-7-12/h1-10H,11H2,(H,20,21). The van der Waals surface area contributed by atoms with Crippen LogP contribution in [0.5, 0.6) is 0 Å². The average Bonchev–Trinajstić information content (AvgIpc) is 3.20. The Balaban J connectivity index is 1.44. The first-order chi connectivity index (χ1) is 12.3. The minimum atomic E-state index is -0.349. The van der Waals surface area contributed by atoms with Gasteiger partial charge in [-0.15, -0.1) is 11.3 Å². The summed E-state index contributed by atoms with van der Waals surface area (Å²) >= 11 is 2.91. The third kappa shape index (κ3) is 3.67. The summed E-state index contributed by atoms with van der Waals surface area (Å²) in [6.07, 6.45) is 1.68. The van der Waals surface area contributed by atoms with Crippen LogP contribution in [-0.4, -0.2) is 15.9 Å². The second-order valence-electron chi connectivity index (χ2n) is 5.19. The van der Waals surface area contributed by atoms with Gasteiger partial charge in [0, 0.05) is 11.9 Å². The van der Waals surface area contributed by atoms with E-state index in [4.69, 9.17) is 4.74 Å². The molecule has 0 aliphatic carbocycles. The van der Waals surface area contributed by atoms with Crippen molar-refractivity contribution in [2.45, 2.75) is 6.61 Å². The molecule has 0 spiro atoms. The first-order valence-corrected chi connectivity index (χ1v) is 9.21. The molecule has 1 aromatic carbocycles. The number of rotatable bonds is 5. The van der Waals surface area contributed by atoms with Crippen molar-refractivity contribution < 1.29 is 9.53 Å². The van der Waals surface area contributed by atoms with Gasteiger partial charge in [0.25, 0.3) is 0 Å². The molecule has 0 saturated heterocycles. The number of esters is 1. The molecule has 7 heteroatoms. The second kappa shape index (κ2) is 7.00. The number of carbonyl (C=O) groups is 1. The predicted octanol–water partition coefficient (Wildman–Crippen LogP) is 4.85. The zero-order chi connectivity index (χ0) is 17.1. The highest BCUT2D eigenvalue weighted by Crippen LogP contribution is 2.35. The van der Waals surface area contributed by atoms with Crippen LogP contribution < -0.4 is 5.32 Å². The summed E-state index contributed by atoms with van der Waals surface area (Å²) in [5, 5.41) is 4.07. The number of thiophene rings is 1. The van der Waals surface area contributed by atoms with Gasteiger partial charge >= 0.3 is 5.97 Å². The van der Waals surface area contributed by atoms with Gasteiger partial charge in [-0.05, 0) is 30.3 Å². The van der Waals surface area contributed by atoms with E-state index in [-0.39, 0.29) is 12.6 Å². The Morgan fingerprint density at radius 3 is 2.68 bits per heavy atom. The number of hydrogen-bond donors (Lipinski definition) is 1. The lowest BCUT2D eigenvalue weighted by atomic mass is 10.3. The summed E-state index contributed by atoms with van der Waals surface area (Å²) < 4.78 is 6.30. The Morgan fingerprint density at radius 2 is 1.92 bits per heavy atom. The van der Waals surface area contributed by atoms with Crippen LogP contribution in [0.3, 0.4) is 0 Å². The Bertz CT molecular complexity index is 966. The van der Waals surface area contributed by atoms with Gasteiger partial charge in [-0.1, -0.05) is 35.6 Å². The van der Waals surface area contributed by atoms with E-state index in [1.165, 1.54) is 22.7 Å². The van der Waals surface area contributed by atoms with E-state index in [0.717, 1.165) is 26.0 Å². The molecule has 5 nitrogen and oxygen atoms in total. The molecule has 0 bridgehead atoms. The van der Waals surface area contributed by atoms with Gasteiger partial charge < -0.3 is 10.1 Å². The highest BCUT2D eigenvalue weighted by atomic mass is 32.2. The molecule has 124 valence electrons. The van der Waals surface area contributed by atoms with Crippen LogP contribution in [0.4, 0.5) is 10.8 Å². The summed E-state index contributed by atoms with van der Waals surface area (Å²) in [6, 6.07) is 17.1. The molecule has 0 radical (unpaired) electrons. The Hall–Kier alpha value is -2.77. The number of anilines is 2. The fourth-order valence-corrected chi connectivity index (χ4v) is 4.32. The predicted molar refractivity (Wildman–Crippen MR) is 101 cm³/mol. The summed E-state index contributed by atoms with van der Waals surface area (Å²) in [7, 11) is 0. The molecule has 0 aliphatic heterocycles. The summed E-state index contributed by atoms with van der Waals surface area (Å²) in [4.78, 5) is 21.4. The van der Waals surface area contributed by atoms with Gasteiger partial charge in [0.2, 0.25) is 0 Å². The molecule has 25 heavy (non-hydrogen) atoms. The number of nitrogens with one attached hydrogen (secondary N) is 1. The van der Waals surface area contributed by atoms with E-state index < -0.39 is 0 Å². The molecule has 0 amide bonds. The van der Waals surface area contributed by atoms with Crippen molar-refractivity contribution in [1.82, 2.24) is 9.97 Å². The topological polar surface area (TPSA) is 64.1 Å². The van der Waals surface area contributed by atoms with Gasteiger partial charge in [-0.25, -0.2) is 9.78 Å². The van der Waals surface area contributed by atoms with Crippen LogP contribution in [0.2, 0.25) is 0 Å². The van der Waals surface area contributed by atoms with Crippen molar-refractivity contribution in [1.29, 1.82) is 0 Å². The molecule has 4 rings (SSSR count). The molecule has 0 unspecified atom stereocenters. The Labute approximate surface area is 152 Å². The second-order valence-corrected chi connectivity index (χ2v) is 7.50. The van der Waals surface area contributed by atoms with E-state index in [2.05, 4.69) is 15.3 Å². The average molecular weight is 367 g/mol. The van der Waals surface area contributed by atoms with Crippen LogP contribution >= 0.6 is 22.7 Å². The van der Waals surface area contributed by atoms with E-state index >= 15 is 0 Å².